The fraction of sp³-hybridized carbons (Fsp3) is 0.560. The lowest BCUT2D eigenvalue weighted by Gasteiger charge is -2.25. The topological polar surface area (TPSA) is 158 Å². The van der Waals surface area contributed by atoms with Crippen LogP contribution in [0.15, 0.2) is 46.1 Å². The van der Waals surface area contributed by atoms with Gasteiger partial charge in [0, 0.05) is 12.3 Å². The van der Waals surface area contributed by atoms with Crippen LogP contribution in [0.4, 0.5) is 0 Å². The number of H-pyrrole nitrogens is 1. The van der Waals surface area contributed by atoms with Crippen molar-refractivity contribution >= 4 is 36.9 Å². The van der Waals surface area contributed by atoms with Crippen molar-refractivity contribution in [3.63, 3.8) is 0 Å². The van der Waals surface area contributed by atoms with Crippen molar-refractivity contribution < 1.29 is 33.0 Å². The largest absolute Gasteiger partial charge is 0.462 e. The molecule has 2 aliphatic rings. The molecule has 220 valence electrons. The Morgan fingerprint density at radius 1 is 1.23 bits per heavy atom. The molecular weight excluding hydrogens is 588 g/mol. The Balaban J connectivity index is 1.53. The second kappa shape index (κ2) is 11.6. The van der Waals surface area contributed by atoms with Crippen molar-refractivity contribution in [2.75, 3.05) is 6.61 Å². The summed E-state index contributed by atoms with van der Waals surface area (Å²) in [7, 11) is -4.31. The van der Waals surface area contributed by atoms with E-state index in [1.165, 1.54) is 6.92 Å². The Bertz CT molecular complexity index is 1390. The number of ether oxygens (including phenoxy) is 2. The number of halogens is 2. The molecule has 1 aromatic heterocycles. The molecule has 2 heterocycles. The number of esters is 1. The van der Waals surface area contributed by atoms with Crippen LogP contribution in [0, 0.1) is 0 Å². The second-order valence-electron chi connectivity index (χ2n) is 10.5. The Labute approximate surface area is 240 Å². The lowest BCUT2D eigenvalue weighted by molar-refractivity contribution is -0.149. The molecule has 3 N–H and O–H groups in total. The van der Waals surface area contributed by atoms with Gasteiger partial charge in [0.2, 0.25) is 0 Å². The number of benzene rings is 1. The van der Waals surface area contributed by atoms with Crippen molar-refractivity contribution in [1.82, 2.24) is 14.6 Å². The number of aromatic nitrogens is 2. The van der Waals surface area contributed by atoms with Gasteiger partial charge in [0.25, 0.3) is 5.56 Å². The number of aromatic amines is 1. The summed E-state index contributed by atoms with van der Waals surface area (Å²) in [6.07, 6.45) is -1.47. The average molecular weight is 620 g/mol. The predicted molar refractivity (Wildman–Crippen MR) is 147 cm³/mol. The molecule has 15 heteroatoms. The summed E-state index contributed by atoms with van der Waals surface area (Å²) in [5.74, 6) is -0.475. The minimum atomic E-state index is -4.31. The van der Waals surface area contributed by atoms with Gasteiger partial charge in [0.1, 0.15) is 24.0 Å². The van der Waals surface area contributed by atoms with E-state index in [4.69, 9.17) is 41.7 Å². The molecule has 5 atom stereocenters. The van der Waals surface area contributed by atoms with Crippen molar-refractivity contribution in [3.8, 4) is 5.75 Å². The van der Waals surface area contributed by atoms with Crippen LogP contribution in [0.1, 0.15) is 52.3 Å². The quantitative estimate of drug-likeness (QED) is 0.194. The van der Waals surface area contributed by atoms with Crippen LogP contribution in [0.5, 0.6) is 5.75 Å². The van der Waals surface area contributed by atoms with Gasteiger partial charge in [-0.15, -0.1) is 0 Å². The molecule has 0 spiro atoms. The van der Waals surface area contributed by atoms with Gasteiger partial charge in [-0.3, -0.25) is 23.7 Å². The van der Waals surface area contributed by atoms with Crippen LogP contribution in [0.25, 0.3) is 0 Å². The minimum Gasteiger partial charge on any atom is -0.462 e. The molecule has 2 aromatic rings. The maximum atomic E-state index is 13.9. The number of nitrogens with one attached hydrogen (secondary N) is 2. The zero-order valence-electron chi connectivity index (χ0n) is 22.3. The van der Waals surface area contributed by atoms with E-state index in [1.807, 2.05) is 12.1 Å². The monoisotopic (exact) mass is 619 g/mol. The molecule has 1 saturated heterocycles. The molecule has 1 aliphatic carbocycles. The first-order valence-corrected chi connectivity index (χ1v) is 15.0. The van der Waals surface area contributed by atoms with Crippen molar-refractivity contribution in [2.24, 2.45) is 0 Å². The third-order valence-corrected chi connectivity index (χ3v) is 9.19. The van der Waals surface area contributed by atoms with Crippen LogP contribution in [0.2, 0.25) is 0 Å². The molecule has 12 nitrogen and oxygen atoms in total. The summed E-state index contributed by atoms with van der Waals surface area (Å²) in [5.41, 5.74) is -0.289. The van der Waals surface area contributed by atoms with Crippen LogP contribution in [0.3, 0.4) is 0 Å². The van der Waals surface area contributed by atoms with E-state index in [9.17, 15) is 24.1 Å². The Hall–Kier alpha value is -2.18. The number of aliphatic hydroxyl groups excluding tert-OH is 1. The van der Waals surface area contributed by atoms with E-state index < -0.39 is 66.5 Å². The van der Waals surface area contributed by atoms with Gasteiger partial charge < -0.3 is 19.1 Å². The number of aliphatic hydroxyl groups is 1. The summed E-state index contributed by atoms with van der Waals surface area (Å²) in [5, 5.41) is 13.3. The molecule has 1 aromatic carbocycles. The molecule has 1 aliphatic heterocycles. The maximum absolute atomic E-state index is 13.9. The number of hydrogen-bond acceptors (Lipinski definition) is 9. The number of rotatable bonds is 11. The van der Waals surface area contributed by atoms with Gasteiger partial charge in [0.05, 0.1) is 12.7 Å². The SMILES string of the molecule is CC(C)OC(=O)[C@H](C)N[P@@](=O)(OC[C@H]1O[C@@H](n2ccc(=O)[nH]c2=O)C(Cl)(Cl)[C@@H]1O)Oc1ccc(C2(C)CC2)cc1. The third-order valence-electron chi connectivity index (χ3n) is 6.73. The van der Waals surface area contributed by atoms with Crippen molar-refractivity contribution in [1.29, 1.82) is 0 Å². The molecular formula is C25H32Cl2N3O9P. The fourth-order valence-corrected chi connectivity index (χ4v) is 6.23. The van der Waals surface area contributed by atoms with Gasteiger partial charge >= 0.3 is 19.4 Å². The summed E-state index contributed by atoms with van der Waals surface area (Å²) in [4.78, 5) is 38.2. The third kappa shape index (κ3) is 6.82. The smallest absolute Gasteiger partial charge is 0.459 e. The maximum Gasteiger partial charge on any atom is 0.459 e. The minimum absolute atomic E-state index is 0.113. The van der Waals surface area contributed by atoms with Gasteiger partial charge in [-0.2, -0.15) is 5.09 Å². The molecule has 0 amide bonds. The molecule has 4 rings (SSSR count). The molecule has 0 unspecified atom stereocenters. The first kappa shape index (κ1) is 30.8. The van der Waals surface area contributed by atoms with Gasteiger partial charge in [-0.1, -0.05) is 42.3 Å². The molecule has 1 saturated carbocycles. The van der Waals surface area contributed by atoms with E-state index in [0.717, 1.165) is 35.2 Å². The predicted octanol–water partition coefficient (Wildman–Crippen LogP) is 3.15. The molecule has 2 fully saturated rings. The van der Waals surface area contributed by atoms with Crippen LogP contribution >= 0.6 is 30.9 Å². The summed E-state index contributed by atoms with van der Waals surface area (Å²) >= 11 is 12.7. The van der Waals surface area contributed by atoms with Gasteiger partial charge in [-0.25, -0.2) is 9.36 Å². The number of alkyl halides is 2. The highest BCUT2D eigenvalue weighted by molar-refractivity contribution is 7.52. The molecule has 0 radical (unpaired) electrons. The van der Waals surface area contributed by atoms with E-state index in [-0.39, 0.29) is 11.2 Å². The first-order chi connectivity index (χ1) is 18.6. The Morgan fingerprint density at radius 3 is 2.45 bits per heavy atom. The Kier molecular flexibility index (Phi) is 8.92. The van der Waals surface area contributed by atoms with E-state index >= 15 is 0 Å². The van der Waals surface area contributed by atoms with E-state index in [1.54, 1.807) is 26.0 Å². The number of carbonyl (C=O) groups is 1. The lowest BCUT2D eigenvalue weighted by atomic mass is 9.99. The normalized spacial score (nSPS) is 25.2. The molecule has 0 bridgehead atoms. The van der Waals surface area contributed by atoms with Crippen LogP contribution in [-0.4, -0.2) is 55.9 Å². The van der Waals surface area contributed by atoms with Crippen molar-refractivity contribution in [3.05, 3.63) is 62.9 Å². The van der Waals surface area contributed by atoms with E-state index in [0.29, 0.717) is 0 Å². The number of carbonyl (C=O) groups excluding carboxylic acids is 1. The highest BCUT2D eigenvalue weighted by Crippen LogP contribution is 2.51. The average Bonchev–Trinajstić information content (AvgIpc) is 3.57. The first-order valence-electron chi connectivity index (χ1n) is 12.7. The van der Waals surface area contributed by atoms with Crippen molar-refractivity contribution in [2.45, 2.75) is 80.9 Å². The summed E-state index contributed by atoms with van der Waals surface area (Å²) < 4.78 is 35.0. The van der Waals surface area contributed by atoms with Crippen LogP contribution in [-0.2, 0) is 28.8 Å². The fourth-order valence-electron chi connectivity index (χ4n) is 4.14. The number of nitrogens with zero attached hydrogens (tertiary/aromatic N) is 1. The zero-order valence-corrected chi connectivity index (χ0v) is 24.7. The summed E-state index contributed by atoms with van der Waals surface area (Å²) in [6, 6.07) is 7.00. The molecule has 40 heavy (non-hydrogen) atoms. The highest BCUT2D eigenvalue weighted by Gasteiger charge is 2.56. The zero-order chi connectivity index (χ0) is 29.5. The van der Waals surface area contributed by atoms with Gasteiger partial charge in [0.15, 0.2) is 10.6 Å². The summed E-state index contributed by atoms with van der Waals surface area (Å²) in [6.45, 7) is 6.36. The Morgan fingerprint density at radius 2 is 1.88 bits per heavy atom. The van der Waals surface area contributed by atoms with E-state index in [2.05, 4.69) is 17.0 Å². The van der Waals surface area contributed by atoms with Gasteiger partial charge in [-0.05, 0) is 56.7 Å². The highest BCUT2D eigenvalue weighted by atomic mass is 35.5. The standard InChI is InChI=1S/C25H32Cl2N3O9P/c1-14(2)37-21(33)15(3)29-40(35,39-17-7-5-16(6-8-17)24(4)10-11-24)36-13-18-20(32)25(26,27)22(38-18)30-12-9-19(31)28-23(30)34/h5-9,12,14-15,18,20,22,32H,10-11,13H2,1-4H3,(H,29,35)(H,28,31,34)/t15-,18+,20+,22+,40+/m0/s1. The number of hydrogen-bond donors (Lipinski definition) is 3. The van der Waals surface area contributed by atoms with Crippen LogP contribution < -0.4 is 20.9 Å². The second-order valence-corrected chi connectivity index (χ2v) is 13.6. The lowest BCUT2D eigenvalue weighted by Crippen LogP contribution is -2.41.